The molecule has 3 rings (SSSR count). The van der Waals surface area contributed by atoms with Gasteiger partial charge in [0, 0.05) is 13.1 Å². The maximum atomic E-state index is 13.3. The molecular formula is C24H31N3O4S. The number of hydrogen-bond donors (Lipinski definition) is 0. The van der Waals surface area contributed by atoms with Gasteiger partial charge in [-0.3, -0.25) is 9.69 Å². The molecule has 0 saturated heterocycles. The summed E-state index contributed by atoms with van der Waals surface area (Å²) in [7, 11) is 3.23. The van der Waals surface area contributed by atoms with Crippen LogP contribution < -0.4 is 19.1 Å². The van der Waals surface area contributed by atoms with Gasteiger partial charge in [0.1, 0.15) is 27.5 Å². The minimum atomic E-state index is -0.143. The summed E-state index contributed by atoms with van der Waals surface area (Å²) in [5.74, 6) is 1.89. The number of benzene rings is 2. The molecule has 0 aliphatic heterocycles. The Morgan fingerprint density at radius 3 is 2.41 bits per heavy atom. The van der Waals surface area contributed by atoms with Gasteiger partial charge in [-0.15, -0.1) is 0 Å². The van der Waals surface area contributed by atoms with Crippen LogP contribution in [0.15, 0.2) is 36.4 Å². The molecule has 3 aromatic rings. The summed E-state index contributed by atoms with van der Waals surface area (Å²) >= 11 is 1.42. The van der Waals surface area contributed by atoms with E-state index in [9.17, 15) is 4.79 Å². The Morgan fingerprint density at radius 1 is 1.03 bits per heavy atom. The van der Waals surface area contributed by atoms with E-state index < -0.39 is 0 Å². The van der Waals surface area contributed by atoms with E-state index in [0.29, 0.717) is 34.4 Å². The Hall–Kier alpha value is -2.84. The molecule has 0 saturated carbocycles. The first-order valence-electron chi connectivity index (χ1n) is 10.7. The summed E-state index contributed by atoms with van der Waals surface area (Å²) in [5.41, 5.74) is 1.77. The van der Waals surface area contributed by atoms with Gasteiger partial charge >= 0.3 is 0 Å². The average Bonchev–Trinajstić information content (AvgIpc) is 3.25. The van der Waals surface area contributed by atoms with Crippen LogP contribution in [0.5, 0.6) is 17.2 Å². The minimum absolute atomic E-state index is 0.0636. The lowest BCUT2D eigenvalue weighted by Gasteiger charge is -2.24. The average molecular weight is 458 g/mol. The molecule has 1 heterocycles. The number of aromatic nitrogens is 1. The number of amides is 1. The minimum Gasteiger partial charge on any atom is -0.495 e. The molecule has 32 heavy (non-hydrogen) atoms. The lowest BCUT2D eigenvalue weighted by Crippen LogP contribution is -2.41. The molecule has 8 heteroatoms. The Morgan fingerprint density at radius 2 is 1.75 bits per heavy atom. The van der Waals surface area contributed by atoms with Crippen molar-refractivity contribution < 1.29 is 19.0 Å². The van der Waals surface area contributed by atoms with E-state index in [4.69, 9.17) is 19.2 Å². The van der Waals surface area contributed by atoms with Crippen molar-refractivity contribution in [1.82, 2.24) is 9.88 Å². The number of rotatable bonds is 11. The van der Waals surface area contributed by atoms with Crippen molar-refractivity contribution in [3.05, 3.63) is 42.0 Å². The highest BCUT2D eigenvalue weighted by Crippen LogP contribution is 2.40. The summed E-state index contributed by atoms with van der Waals surface area (Å²) in [6, 6.07) is 11.4. The van der Waals surface area contributed by atoms with E-state index in [1.54, 1.807) is 19.1 Å². The number of anilines is 1. The molecule has 0 spiro atoms. The normalized spacial score (nSPS) is 11.1. The maximum Gasteiger partial charge on any atom is 0.266 e. The topological polar surface area (TPSA) is 64.1 Å². The van der Waals surface area contributed by atoms with Crippen molar-refractivity contribution in [3.63, 3.8) is 0 Å². The molecule has 2 aromatic carbocycles. The number of ether oxygens (including phenoxy) is 3. The second kappa shape index (κ2) is 11.2. The monoisotopic (exact) mass is 457 g/mol. The molecule has 0 fully saturated rings. The summed E-state index contributed by atoms with van der Waals surface area (Å²) in [6.07, 6.45) is 0. The largest absolute Gasteiger partial charge is 0.495 e. The van der Waals surface area contributed by atoms with Crippen LogP contribution in [0, 0.1) is 6.92 Å². The van der Waals surface area contributed by atoms with Crippen molar-refractivity contribution in [1.29, 1.82) is 0 Å². The second-order valence-corrected chi connectivity index (χ2v) is 8.30. The number of carbonyl (C=O) groups excluding carboxylic acids is 1. The van der Waals surface area contributed by atoms with E-state index in [0.717, 1.165) is 29.9 Å². The molecule has 0 unspecified atom stereocenters. The number of methoxy groups -OCH3 is 2. The summed E-state index contributed by atoms with van der Waals surface area (Å²) in [4.78, 5) is 22.0. The van der Waals surface area contributed by atoms with Crippen LogP contribution >= 0.6 is 11.3 Å². The van der Waals surface area contributed by atoms with Crippen LogP contribution in [0.3, 0.4) is 0 Å². The van der Waals surface area contributed by atoms with Crippen LogP contribution in [0.2, 0.25) is 0 Å². The van der Waals surface area contributed by atoms with Crippen LogP contribution in [-0.2, 0) is 4.79 Å². The van der Waals surface area contributed by atoms with Gasteiger partial charge in [-0.25, -0.2) is 4.98 Å². The SMILES string of the molecule is CCN(CC)CCN(C(=O)COc1cccc(C)c1)c1nc2c(OC)ccc(OC)c2s1. The van der Waals surface area contributed by atoms with Gasteiger partial charge in [0.05, 0.1) is 14.2 Å². The van der Waals surface area contributed by atoms with Crippen molar-refractivity contribution in [2.45, 2.75) is 20.8 Å². The molecule has 1 amide bonds. The summed E-state index contributed by atoms with van der Waals surface area (Å²) in [5, 5.41) is 0.604. The highest BCUT2D eigenvalue weighted by atomic mass is 32.1. The van der Waals surface area contributed by atoms with Crippen LogP contribution in [0.25, 0.3) is 10.2 Å². The van der Waals surface area contributed by atoms with E-state index in [1.807, 2.05) is 43.3 Å². The van der Waals surface area contributed by atoms with Crippen LogP contribution in [0.4, 0.5) is 5.13 Å². The molecule has 0 bridgehead atoms. The molecule has 0 aliphatic carbocycles. The zero-order chi connectivity index (χ0) is 23.1. The van der Waals surface area contributed by atoms with E-state index in [2.05, 4.69) is 18.7 Å². The van der Waals surface area contributed by atoms with Gasteiger partial charge in [-0.05, 0) is 49.8 Å². The Labute approximate surface area is 193 Å². The number of fused-ring (bicyclic) bond motifs is 1. The second-order valence-electron chi connectivity index (χ2n) is 7.32. The Bertz CT molecular complexity index is 1010. The number of thiazole rings is 1. The first kappa shape index (κ1) is 23.8. The van der Waals surface area contributed by atoms with Crippen molar-refractivity contribution in [3.8, 4) is 17.2 Å². The molecule has 0 aliphatic rings. The maximum absolute atomic E-state index is 13.3. The molecule has 0 N–H and O–H groups in total. The van der Waals surface area contributed by atoms with Crippen molar-refractivity contribution in [2.75, 3.05) is 51.9 Å². The molecule has 172 valence electrons. The van der Waals surface area contributed by atoms with Gasteiger partial charge in [0.15, 0.2) is 11.7 Å². The zero-order valence-electron chi connectivity index (χ0n) is 19.4. The van der Waals surface area contributed by atoms with Crippen molar-refractivity contribution >= 4 is 32.6 Å². The number of aryl methyl sites for hydroxylation is 1. The van der Waals surface area contributed by atoms with Gasteiger partial charge in [-0.1, -0.05) is 37.3 Å². The number of nitrogens with zero attached hydrogens (tertiary/aromatic N) is 3. The fourth-order valence-corrected chi connectivity index (χ4v) is 4.54. The Balaban J connectivity index is 1.90. The highest BCUT2D eigenvalue weighted by molar-refractivity contribution is 7.22. The van der Waals surface area contributed by atoms with Gasteiger partial charge in [0.2, 0.25) is 0 Å². The number of likely N-dealkylation sites (N-methyl/N-ethyl adjacent to an activating group) is 1. The van der Waals surface area contributed by atoms with E-state index in [1.165, 1.54) is 11.3 Å². The zero-order valence-corrected chi connectivity index (χ0v) is 20.2. The van der Waals surface area contributed by atoms with E-state index >= 15 is 0 Å². The van der Waals surface area contributed by atoms with Gasteiger partial charge in [0.25, 0.3) is 5.91 Å². The van der Waals surface area contributed by atoms with Gasteiger partial charge in [-0.2, -0.15) is 0 Å². The predicted molar refractivity (Wildman–Crippen MR) is 130 cm³/mol. The summed E-state index contributed by atoms with van der Waals surface area (Å²) in [6.45, 7) is 9.25. The molecule has 1 aromatic heterocycles. The lowest BCUT2D eigenvalue weighted by molar-refractivity contribution is -0.120. The molecule has 7 nitrogen and oxygen atoms in total. The Kier molecular flexibility index (Phi) is 8.30. The smallest absolute Gasteiger partial charge is 0.266 e. The predicted octanol–water partition coefficient (Wildman–Crippen LogP) is 4.38. The van der Waals surface area contributed by atoms with Gasteiger partial charge < -0.3 is 19.1 Å². The third-order valence-corrected chi connectivity index (χ3v) is 6.41. The summed E-state index contributed by atoms with van der Waals surface area (Å²) < 4.78 is 17.6. The lowest BCUT2D eigenvalue weighted by atomic mass is 10.2. The quantitative estimate of drug-likeness (QED) is 0.426. The standard InChI is InChI=1S/C24H31N3O4S/c1-6-26(7-2)13-14-27(21(28)16-31-18-10-8-9-17(3)15-18)24-25-22-19(29-4)11-12-20(30-5)23(22)32-24/h8-12,15H,6-7,13-14,16H2,1-5H3. The molecule has 0 atom stereocenters. The first-order valence-corrected chi connectivity index (χ1v) is 11.6. The third kappa shape index (κ3) is 5.49. The highest BCUT2D eigenvalue weighted by Gasteiger charge is 2.23. The van der Waals surface area contributed by atoms with E-state index in [-0.39, 0.29) is 12.5 Å². The third-order valence-electron chi connectivity index (χ3n) is 5.32. The molecular weight excluding hydrogens is 426 g/mol. The van der Waals surface area contributed by atoms with Crippen molar-refractivity contribution in [2.24, 2.45) is 0 Å². The fraction of sp³-hybridized carbons (Fsp3) is 0.417. The number of carbonyl (C=O) groups is 1. The number of hydrogen-bond acceptors (Lipinski definition) is 7. The van der Waals surface area contributed by atoms with Crippen LogP contribution in [0.1, 0.15) is 19.4 Å². The fourth-order valence-electron chi connectivity index (χ4n) is 3.43. The van der Waals surface area contributed by atoms with Crippen LogP contribution in [-0.4, -0.2) is 62.8 Å². The molecule has 0 radical (unpaired) electrons. The first-order chi connectivity index (χ1) is 15.5.